The second-order valence-electron chi connectivity index (χ2n) is 6.95. The number of methoxy groups -OCH3 is 1. The van der Waals surface area contributed by atoms with E-state index in [-0.39, 0.29) is 0 Å². The van der Waals surface area contributed by atoms with Crippen molar-refractivity contribution in [2.75, 3.05) is 7.11 Å². The molecule has 31 heavy (non-hydrogen) atoms. The van der Waals surface area contributed by atoms with Crippen molar-refractivity contribution in [2.24, 2.45) is 15.9 Å². The van der Waals surface area contributed by atoms with Gasteiger partial charge in [0.25, 0.3) is 0 Å². The second kappa shape index (κ2) is 9.53. The van der Waals surface area contributed by atoms with Crippen LogP contribution in [0.3, 0.4) is 0 Å². The van der Waals surface area contributed by atoms with Crippen molar-refractivity contribution in [3.05, 3.63) is 89.7 Å². The molecule has 1 aromatic heterocycles. The lowest BCUT2D eigenvalue weighted by molar-refractivity contribution is 0.414. The molecule has 0 bridgehead atoms. The van der Waals surface area contributed by atoms with Gasteiger partial charge in [-0.15, -0.1) is 5.10 Å². The van der Waals surface area contributed by atoms with Gasteiger partial charge in [-0.25, -0.2) is 0 Å². The molecule has 5 nitrogen and oxygen atoms in total. The number of benzene rings is 3. The summed E-state index contributed by atoms with van der Waals surface area (Å²) >= 11 is 1.44. The van der Waals surface area contributed by atoms with Gasteiger partial charge in [-0.2, -0.15) is 5.10 Å². The molecule has 0 saturated carbocycles. The molecule has 1 heterocycles. The van der Waals surface area contributed by atoms with Crippen LogP contribution in [-0.4, -0.2) is 18.5 Å². The number of rotatable bonds is 6. The Hall–Kier alpha value is -3.51. The fourth-order valence-corrected chi connectivity index (χ4v) is 4.02. The van der Waals surface area contributed by atoms with Gasteiger partial charge in [-0.3, -0.25) is 0 Å². The van der Waals surface area contributed by atoms with Crippen LogP contribution in [0.4, 0.5) is 0 Å². The Labute approximate surface area is 185 Å². The predicted molar refractivity (Wildman–Crippen MR) is 130 cm³/mol. The van der Waals surface area contributed by atoms with Crippen molar-refractivity contribution >= 4 is 34.1 Å². The third-order valence-corrected chi connectivity index (χ3v) is 5.72. The summed E-state index contributed by atoms with van der Waals surface area (Å²) in [4.78, 5) is 0. The maximum absolute atomic E-state index is 6.03. The maximum Gasteiger partial charge on any atom is 0.180 e. The van der Waals surface area contributed by atoms with E-state index in [1.54, 1.807) is 13.3 Å². The number of ether oxygens (including phenoxy) is 1. The summed E-state index contributed by atoms with van der Waals surface area (Å²) in [5.41, 5.74) is 10.9. The molecule has 0 aliphatic heterocycles. The lowest BCUT2D eigenvalue weighted by Crippen LogP contribution is -2.06. The van der Waals surface area contributed by atoms with Crippen LogP contribution in [0, 0.1) is 6.92 Å². The first kappa shape index (κ1) is 20.8. The normalized spacial score (nSPS) is 12.0. The summed E-state index contributed by atoms with van der Waals surface area (Å²) in [6.45, 7) is 1.97. The number of nitrogens with two attached hydrogens (primary N) is 1. The van der Waals surface area contributed by atoms with Gasteiger partial charge >= 0.3 is 0 Å². The van der Waals surface area contributed by atoms with E-state index in [0.717, 1.165) is 39.2 Å². The molecule has 6 heteroatoms. The summed E-state index contributed by atoms with van der Waals surface area (Å²) in [6.07, 6.45) is 1.63. The average molecular weight is 430 g/mol. The zero-order valence-electron chi connectivity index (χ0n) is 17.4. The smallest absolute Gasteiger partial charge is 0.180 e. The Morgan fingerprint density at radius 1 is 1.06 bits per heavy atom. The van der Waals surface area contributed by atoms with Gasteiger partial charge < -0.3 is 14.9 Å². The number of hydrogen-bond donors (Lipinski definition) is 1. The minimum atomic E-state index is 0.403. The predicted octanol–water partition coefficient (Wildman–Crippen LogP) is 6.00. The summed E-state index contributed by atoms with van der Waals surface area (Å²) in [6, 6.07) is 24.2. The molecule has 0 amide bonds. The van der Waals surface area contributed by atoms with E-state index in [9.17, 15) is 0 Å². The van der Waals surface area contributed by atoms with Crippen LogP contribution >= 0.6 is 11.8 Å². The van der Waals surface area contributed by atoms with Crippen molar-refractivity contribution in [3.63, 3.8) is 0 Å². The molecule has 0 unspecified atom stereocenters. The lowest BCUT2D eigenvalue weighted by Gasteiger charge is -2.05. The molecule has 0 aliphatic rings. The largest absolute Gasteiger partial charge is 0.496 e. The Kier molecular flexibility index (Phi) is 6.38. The molecule has 0 radical (unpaired) electrons. The lowest BCUT2D eigenvalue weighted by atomic mass is 10.0. The summed E-state index contributed by atoms with van der Waals surface area (Å²) in [7, 11) is 1.64. The van der Waals surface area contributed by atoms with Gasteiger partial charge in [0.2, 0.25) is 0 Å². The SMILES string of the molecule is COc1cc2c(-c3ccccc3)c(C)oc2cc1C=NN=C(N)SCc1ccccc1. The highest BCUT2D eigenvalue weighted by molar-refractivity contribution is 8.13. The Morgan fingerprint density at radius 2 is 1.77 bits per heavy atom. The van der Waals surface area contributed by atoms with E-state index in [4.69, 9.17) is 14.9 Å². The Balaban J connectivity index is 1.57. The van der Waals surface area contributed by atoms with E-state index in [1.165, 1.54) is 17.3 Å². The number of thioether (sulfide) groups is 1. The fraction of sp³-hybridized carbons (Fsp3) is 0.120. The van der Waals surface area contributed by atoms with Crippen LogP contribution in [0.25, 0.3) is 22.1 Å². The molecule has 4 rings (SSSR count). The number of hydrogen-bond acceptors (Lipinski definition) is 5. The van der Waals surface area contributed by atoms with Gasteiger partial charge in [0, 0.05) is 22.3 Å². The van der Waals surface area contributed by atoms with Gasteiger partial charge in [-0.1, -0.05) is 72.4 Å². The molecular formula is C25H23N3O2S. The number of furan rings is 1. The number of fused-ring (bicyclic) bond motifs is 1. The van der Waals surface area contributed by atoms with E-state index in [1.807, 2.05) is 55.5 Å². The average Bonchev–Trinajstić information content (AvgIpc) is 3.12. The number of amidine groups is 1. The Bertz CT molecular complexity index is 1230. The van der Waals surface area contributed by atoms with Crippen LogP contribution in [0.5, 0.6) is 5.75 Å². The van der Waals surface area contributed by atoms with E-state index >= 15 is 0 Å². The first-order chi connectivity index (χ1) is 15.2. The van der Waals surface area contributed by atoms with Crippen molar-refractivity contribution in [1.82, 2.24) is 0 Å². The third kappa shape index (κ3) is 4.81. The van der Waals surface area contributed by atoms with Gasteiger partial charge in [-0.05, 0) is 30.2 Å². The minimum Gasteiger partial charge on any atom is -0.496 e. The standard InChI is InChI=1S/C25H23N3O2S/c1-17-24(19-11-7-4-8-12-19)21-14-22(29-2)20(13-23(21)30-17)15-27-28-25(26)31-16-18-9-5-3-6-10-18/h3-15H,16H2,1-2H3,(H2,26,28). The van der Waals surface area contributed by atoms with Gasteiger partial charge in [0.05, 0.1) is 13.3 Å². The third-order valence-electron chi connectivity index (χ3n) is 4.86. The van der Waals surface area contributed by atoms with Crippen molar-refractivity contribution in [1.29, 1.82) is 0 Å². The second-order valence-corrected chi connectivity index (χ2v) is 7.94. The monoisotopic (exact) mass is 429 g/mol. The first-order valence-corrected chi connectivity index (χ1v) is 10.8. The van der Waals surface area contributed by atoms with Crippen LogP contribution in [0.2, 0.25) is 0 Å². The topological polar surface area (TPSA) is 73.1 Å². The van der Waals surface area contributed by atoms with Crippen LogP contribution in [0.15, 0.2) is 87.4 Å². The maximum atomic E-state index is 6.03. The molecular weight excluding hydrogens is 406 g/mol. The van der Waals surface area contributed by atoms with Crippen LogP contribution in [-0.2, 0) is 5.75 Å². The molecule has 2 N–H and O–H groups in total. The molecule has 0 saturated heterocycles. The summed E-state index contributed by atoms with van der Waals surface area (Å²) in [5, 5.41) is 9.66. The highest BCUT2D eigenvalue weighted by Gasteiger charge is 2.15. The summed E-state index contributed by atoms with van der Waals surface area (Å²) < 4.78 is 11.6. The molecule has 4 aromatic rings. The Morgan fingerprint density at radius 3 is 2.48 bits per heavy atom. The molecule has 3 aromatic carbocycles. The first-order valence-electron chi connectivity index (χ1n) is 9.85. The van der Waals surface area contributed by atoms with Crippen LogP contribution in [0.1, 0.15) is 16.9 Å². The molecule has 0 spiro atoms. The highest BCUT2D eigenvalue weighted by Crippen LogP contribution is 2.37. The van der Waals surface area contributed by atoms with Crippen molar-refractivity contribution < 1.29 is 9.15 Å². The fourth-order valence-electron chi connectivity index (χ4n) is 3.41. The molecule has 0 fully saturated rings. The van der Waals surface area contributed by atoms with E-state index in [2.05, 4.69) is 34.5 Å². The summed E-state index contributed by atoms with van der Waals surface area (Å²) in [5.74, 6) is 2.30. The quantitative estimate of drug-likeness (QED) is 0.232. The zero-order valence-corrected chi connectivity index (χ0v) is 18.2. The molecule has 0 atom stereocenters. The minimum absolute atomic E-state index is 0.403. The molecule has 0 aliphatic carbocycles. The van der Waals surface area contributed by atoms with E-state index < -0.39 is 0 Å². The number of nitrogens with zero attached hydrogens (tertiary/aromatic N) is 2. The van der Waals surface area contributed by atoms with Gasteiger partial charge in [0.15, 0.2) is 5.17 Å². The highest BCUT2D eigenvalue weighted by atomic mass is 32.2. The van der Waals surface area contributed by atoms with E-state index in [0.29, 0.717) is 10.9 Å². The van der Waals surface area contributed by atoms with Crippen molar-refractivity contribution in [3.8, 4) is 16.9 Å². The zero-order chi connectivity index (χ0) is 21.6. The molecule has 156 valence electrons. The van der Waals surface area contributed by atoms with Gasteiger partial charge in [0.1, 0.15) is 17.1 Å². The number of aryl methyl sites for hydroxylation is 1. The van der Waals surface area contributed by atoms with Crippen LogP contribution < -0.4 is 10.5 Å². The van der Waals surface area contributed by atoms with Crippen molar-refractivity contribution in [2.45, 2.75) is 12.7 Å².